The summed E-state index contributed by atoms with van der Waals surface area (Å²) in [6.07, 6.45) is 6.40. The molecule has 388 valence electrons. The second kappa shape index (κ2) is 22.5. The number of benzene rings is 1. The van der Waals surface area contributed by atoms with Gasteiger partial charge in [-0.25, -0.2) is 24.2 Å². The molecule has 0 aliphatic carbocycles. The number of allylic oxidation sites excluding steroid dienone is 3. The number of methoxy groups -OCH3 is 1. The monoisotopic (exact) mass is 1010 g/mol. The molecule has 3 N–H and O–H groups in total. The zero-order chi connectivity index (χ0) is 52.2. The highest BCUT2D eigenvalue weighted by atomic mass is 32.1. The summed E-state index contributed by atoms with van der Waals surface area (Å²) in [6, 6.07) is 4.37. The van der Waals surface area contributed by atoms with Gasteiger partial charge in [0.15, 0.2) is 0 Å². The van der Waals surface area contributed by atoms with Crippen molar-refractivity contribution in [3.8, 4) is 23.1 Å². The number of halogens is 2. The molecular formula is C53H69F2N9O7S. The first-order valence-electron chi connectivity index (χ1n) is 25.0. The Labute approximate surface area is 425 Å². The maximum atomic E-state index is 14.6. The molecule has 0 spiro atoms. The minimum Gasteiger partial charge on any atom is -0.464 e. The number of fused-ring (bicyclic) bond motifs is 6. The van der Waals surface area contributed by atoms with Crippen LogP contribution in [0.3, 0.4) is 0 Å². The Morgan fingerprint density at radius 1 is 1.14 bits per heavy atom. The number of carbonyl (C=O) groups is 5. The minimum absolute atomic E-state index is 0.0851. The SMILES string of the molecule is CC/C=C\C(=C(/N)[C@H](C)OC)c1c2c3cc(ccc3n1CC)-c1csc(n1)CC(=NC(=O)[C@H](C(C)C)N(C)C(=O)[C@H]1CCN(CC#CC(=O)N3CC(F)(F)C3)C1)C(=O)N1CCC[C@H](N1)C(=O)OCC(C)(C)C2. The fourth-order valence-corrected chi connectivity index (χ4v) is 10.7. The number of rotatable bonds is 11. The van der Waals surface area contributed by atoms with Gasteiger partial charge >= 0.3 is 5.97 Å². The van der Waals surface area contributed by atoms with Crippen molar-refractivity contribution in [2.75, 3.05) is 60.0 Å². The number of aromatic nitrogens is 2. The van der Waals surface area contributed by atoms with Crippen molar-refractivity contribution in [1.29, 1.82) is 0 Å². The van der Waals surface area contributed by atoms with E-state index in [1.807, 2.05) is 37.1 Å². The lowest BCUT2D eigenvalue weighted by molar-refractivity contribution is -0.160. The first kappa shape index (κ1) is 54.0. The molecule has 4 atom stereocenters. The van der Waals surface area contributed by atoms with Crippen LogP contribution in [0, 0.1) is 29.1 Å². The van der Waals surface area contributed by atoms with Gasteiger partial charge in [-0.1, -0.05) is 58.8 Å². The molecule has 4 aliphatic rings. The molecule has 3 fully saturated rings. The smallest absolute Gasteiger partial charge is 0.324 e. The average Bonchev–Trinajstić information content (AvgIpc) is 4.09. The van der Waals surface area contributed by atoms with Crippen molar-refractivity contribution in [3.63, 3.8) is 0 Å². The number of nitrogens with zero attached hydrogens (tertiary/aromatic N) is 7. The summed E-state index contributed by atoms with van der Waals surface area (Å²) in [5.74, 6) is -1.29. The van der Waals surface area contributed by atoms with Crippen molar-refractivity contribution in [1.82, 2.24) is 34.7 Å². The number of nitrogens with one attached hydrogen (secondary N) is 1. The number of alkyl halides is 2. The van der Waals surface area contributed by atoms with E-state index in [9.17, 15) is 32.8 Å². The largest absolute Gasteiger partial charge is 0.464 e. The molecule has 6 bridgehead atoms. The van der Waals surface area contributed by atoms with Crippen molar-refractivity contribution >= 4 is 63.1 Å². The molecule has 0 radical (unpaired) electrons. The van der Waals surface area contributed by atoms with Gasteiger partial charge in [0.2, 0.25) is 5.91 Å². The molecule has 2 aromatic heterocycles. The normalized spacial score (nSPS) is 22.2. The Morgan fingerprint density at radius 2 is 1.89 bits per heavy atom. The predicted octanol–water partition coefficient (Wildman–Crippen LogP) is 5.87. The van der Waals surface area contributed by atoms with Crippen LogP contribution in [-0.4, -0.2) is 149 Å². The molecule has 4 amide bonds. The van der Waals surface area contributed by atoms with E-state index in [-0.39, 0.29) is 43.8 Å². The Kier molecular flexibility index (Phi) is 16.9. The maximum absolute atomic E-state index is 14.6. The summed E-state index contributed by atoms with van der Waals surface area (Å²) >= 11 is 1.34. The fraction of sp³-hybridized carbons (Fsp3) is 0.566. The highest BCUT2D eigenvalue weighted by Crippen LogP contribution is 2.40. The van der Waals surface area contributed by atoms with Gasteiger partial charge in [-0.2, -0.15) is 0 Å². The van der Waals surface area contributed by atoms with Gasteiger partial charge in [-0.3, -0.25) is 33.9 Å². The Morgan fingerprint density at radius 3 is 2.57 bits per heavy atom. The van der Waals surface area contributed by atoms with Crippen LogP contribution in [-0.2, 0) is 52.8 Å². The lowest BCUT2D eigenvalue weighted by atomic mass is 9.84. The van der Waals surface area contributed by atoms with Crippen molar-refractivity contribution in [2.24, 2.45) is 28.0 Å². The van der Waals surface area contributed by atoms with E-state index in [1.54, 1.807) is 14.2 Å². The van der Waals surface area contributed by atoms with Gasteiger partial charge in [0.25, 0.3) is 23.6 Å². The van der Waals surface area contributed by atoms with Gasteiger partial charge in [-0.15, -0.1) is 11.3 Å². The van der Waals surface area contributed by atoms with Crippen LogP contribution in [0.5, 0.6) is 0 Å². The lowest BCUT2D eigenvalue weighted by Gasteiger charge is -2.37. The third kappa shape index (κ3) is 12.0. The van der Waals surface area contributed by atoms with Crippen LogP contribution in [0.25, 0.3) is 27.7 Å². The van der Waals surface area contributed by atoms with Gasteiger partial charge in [-0.05, 0) is 82.0 Å². The first-order chi connectivity index (χ1) is 34.1. The number of cyclic esters (lactones) is 1. The van der Waals surface area contributed by atoms with E-state index < -0.39 is 72.0 Å². The summed E-state index contributed by atoms with van der Waals surface area (Å²) in [5, 5.41) is 4.79. The second-order valence-corrected chi connectivity index (χ2v) is 21.4. The van der Waals surface area contributed by atoms with Gasteiger partial charge in [0.05, 0.1) is 54.7 Å². The van der Waals surface area contributed by atoms with Crippen LogP contribution in [0.4, 0.5) is 8.78 Å². The highest BCUT2D eigenvalue weighted by Gasteiger charge is 2.46. The molecule has 7 rings (SSSR count). The third-order valence-corrected chi connectivity index (χ3v) is 14.7. The summed E-state index contributed by atoms with van der Waals surface area (Å²) in [6.45, 7) is 14.6. The number of nitrogens with two attached hydrogens (primary N) is 1. The minimum atomic E-state index is -2.88. The number of likely N-dealkylation sites (tertiary alicyclic amines) is 2. The number of hydrogen-bond donors (Lipinski definition) is 2. The van der Waals surface area contributed by atoms with Crippen LogP contribution in [0.1, 0.15) is 90.4 Å². The number of ether oxygens (including phenoxy) is 2. The zero-order valence-electron chi connectivity index (χ0n) is 43.0. The predicted molar refractivity (Wildman–Crippen MR) is 273 cm³/mol. The van der Waals surface area contributed by atoms with Gasteiger partial charge in [0, 0.05) is 78.7 Å². The van der Waals surface area contributed by atoms with Crippen LogP contribution < -0.4 is 11.2 Å². The third-order valence-electron chi connectivity index (χ3n) is 13.9. The number of amides is 4. The quantitative estimate of drug-likeness (QED) is 0.133. The number of esters is 1. The molecule has 19 heteroatoms. The second-order valence-electron chi connectivity index (χ2n) is 20.5. The van der Waals surface area contributed by atoms with E-state index in [2.05, 4.69) is 78.8 Å². The van der Waals surface area contributed by atoms with Crippen LogP contribution in [0.15, 0.2) is 46.4 Å². The maximum Gasteiger partial charge on any atom is 0.324 e. The molecule has 0 saturated carbocycles. The summed E-state index contributed by atoms with van der Waals surface area (Å²) in [4.78, 5) is 83.2. The molecule has 6 heterocycles. The van der Waals surface area contributed by atoms with E-state index in [0.29, 0.717) is 61.7 Å². The average molecular weight is 1010 g/mol. The lowest BCUT2D eigenvalue weighted by Crippen LogP contribution is -2.58. The number of hydrazine groups is 1. The number of hydrogen-bond acceptors (Lipinski definition) is 12. The highest BCUT2D eigenvalue weighted by molar-refractivity contribution is 7.10. The van der Waals surface area contributed by atoms with E-state index >= 15 is 0 Å². The molecule has 1 aromatic carbocycles. The Balaban J connectivity index is 1.22. The molecule has 3 aromatic rings. The summed E-state index contributed by atoms with van der Waals surface area (Å²) in [7, 11) is 3.20. The number of aryl methyl sites for hydroxylation is 1. The molecule has 16 nitrogen and oxygen atoms in total. The molecule has 4 aliphatic heterocycles. The Hall–Kier alpha value is -5.81. The van der Waals surface area contributed by atoms with Gasteiger partial charge < -0.3 is 29.6 Å². The van der Waals surface area contributed by atoms with E-state index in [0.717, 1.165) is 44.6 Å². The topological polar surface area (TPSA) is 185 Å². The molecule has 72 heavy (non-hydrogen) atoms. The molecule has 3 saturated heterocycles. The molecule has 0 unspecified atom stereocenters. The Bertz CT molecular complexity index is 2720. The number of carbonyl (C=O) groups excluding carboxylic acids is 5. The zero-order valence-corrected chi connectivity index (χ0v) is 43.8. The number of thiazole rings is 1. The van der Waals surface area contributed by atoms with Crippen molar-refractivity contribution < 1.29 is 42.2 Å². The van der Waals surface area contributed by atoms with Gasteiger partial charge in [0.1, 0.15) is 17.8 Å². The summed E-state index contributed by atoms with van der Waals surface area (Å²) < 4.78 is 40.6. The summed E-state index contributed by atoms with van der Waals surface area (Å²) in [5.41, 5.74) is 15.4. The standard InChI is InChI=1S/C53H69F2N9O7S/c1-10-12-15-36(45(56)33(5)70-9)47-38-26-52(6,7)31-71-51(69)39-16-13-22-64(59-39)50(68)40(25-43-57-41(28-72-43)34-18-19-42(37(38)24-34)63(47)11-2)58-48(66)46(32(3)4)60(8)49(67)35-20-23-61(27-35)21-14-17-44(65)62-29-53(54,55)30-62/h12,15,18-19,24,28,32-33,35,39,46,59H,10-11,13,16,20-23,25-27,29-31,56H2,1-9H3/b15-12-,45-36+,58-40?/t33-,35-,39-,46-/m0/s1. The molecular weight excluding hydrogens is 945 g/mol. The van der Waals surface area contributed by atoms with Crippen molar-refractivity contribution in [2.45, 2.75) is 118 Å². The van der Waals surface area contributed by atoms with Crippen molar-refractivity contribution in [3.05, 3.63) is 57.7 Å². The fourth-order valence-electron chi connectivity index (χ4n) is 9.94. The van der Waals surface area contributed by atoms with E-state index in [1.165, 1.54) is 21.2 Å². The number of likely N-dealkylation sites (N-methyl/N-ethyl adjacent to an activating group) is 1. The number of aliphatic imine (C=N–C) groups is 1. The first-order valence-corrected chi connectivity index (χ1v) is 25.8. The van der Waals surface area contributed by atoms with E-state index in [4.69, 9.17) is 20.2 Å². The van der Waals surface area contributed by atoms with Crippen LogP contribution in [0.2, 0.25) is 0 Å². The van der Waals surface area contributed by atoms with Crippen LogP contribution >= 0.6 is 11.3 Å².